The van der Waals surface area contributed by atoms with Gasteiger partial charge in [-0.3, -0.25) is 4.79 Å². The van der Waals surface area contributed by atoms with Crippen LogP contribution in [-0.2, 0) is 4.79 Å². The van der Waals surface area contributed by atoms with Crippen molar-refractivity contribution in [1.82, 2.24) is 14.8 Å². The number of nitrogens with zero attached hydrogens (tertiary/aromatic N) is 3. The number of hydrogen-bond acceptors (Lipinski definition) is 4. The zero-order chi connectivity index (χ0) is 16.7. The quantitative estimate of drug-likeness (QED) is 0.809. The van der Waals surface area contributed by atoms with Crippen molar-refractivity contribution in [3.05, 3.63) is 35.9 Å². The number of thioether (sulfide) groups is 1. The lowest BCUT2D eigenvalue weighted by molar-refractivity contribution is -0.115. The van der Waals surface area contributed by atoms with Crippen LogP contribution in [0.1, 0.15) is 50.4 Å². The van der Waals surface area contributed by atoms with Gasteiger partial charge in [0.15, 0.2) is 5.16 Å². The molecule has 1 N–H and O–H groups in total. The zero-order valence-corrected chi connectivity index (χ0v) is 14.2. The molecule has 1 aromatic heterocycles. The van der Waals surface area contributed by atoms with Gasteiger partial charge in [0.1, 0.15) is 11.6 Å². The summed E-state index contributed by atoms with van der Waals surface area (Å²) in [6.45, 7) is 1.85. The zero-order valence-electron chi connectivity index (χ0n) is 13.4. The molecule has 2 saturated carbocycles. The van der Waals surface area contributed by atoms with E-state index in [1.54, 1.807) is 12.1 Å². The summed E-state index contributed by atoms with van der Waals surface area (Å²) in [6.07, 6.45) is 4.72. The molecule has 1 heterocycles. The molecule has 126 valence electrons. The fourth-order valence-electron chi connectivity index (χ4n) is 2.65. The van der Waals surface area contributed by atoms with Gasteiger partial charge in [-0.15, -0.1) is 10.2 Å². The van der Waals surface area contributed by atoms with Gasteiger partial charge in [0, 0.05) is 17.6 Å². The molecule has 1 amide bonds. The molecule has 24 heavy (non-hydrogen) atoms. The van der Waals surface area contributed by atoms with Gasteiger partial charge in [0.2, 0.25) is 5.91 Å². The molecule has 0 saturated heterocycles. The number of aromatic nitrogens is 3. The van der Waals surface area contributed by atoms with E-state index >= 15 is 0 Å². The summed E-state index contributed by atoms with van der Waals surface area (Å²) < 4.78 is 15.2. The third-order valence-electron chi connectivity index (χ3n) is 4.31. The van der Waals surface area contributed by atoms with Crippen molar-refractivity contribution in [3.8, 4) is 0 Å². The maximum Gasteiger partial charge on any atom is 0.237 e. The fraction of sp³-hybridized carbons (Fsp3) is 0.471. The minimum atomic E-state index is -0.319. The number of halogens is 1. The summed E-state index contributed by atoms with van der Waals surface area (Å²) >= 11 is 1.44. The summed E-state index contributed by atoms with van der Waals surface area (Å²) in [5.74, 6) is 1.20. The highest BCUT2D eigenvalue weighted by Crippen LogP contribution is 2.46. The summed E-state index contributed by atoms with van der Waals surface area (Å²) in [6, 6.07) is 6.29. The van der Waals surface area contributed by atoms with Crippen molar-refractivity contribution in [3.63, 3.8) is 0 Å². The Bertz CT molecular complexity index is 752. The standard InChI is InChI=1S/C17H19FN4OS/c1-10(16(23)19-13-6-4-12(18)5-7-13)24-17-21-20-15(11-2-3-11)22(17)14-8-9-14/h4-7,10-11,14H,2-3,8-9H2,1H3,(H,19,23)/t10-/m0/s1. The van der Waals surface area contributed by atoms with Gasteiger partial charge in [-0.05, 0) is 56.9 Å². The van der Waals surface area contributed by atoms with Crippen LogP contribution in [0.15, 0.2) is 29.4 Å². The predicted molar refractivity (Wildman–Crippen MR) is 90.6 cm³/mol. The highest BCUT2D eigenvalue weighted by Gasteiger charge is 2.37. The maximum absolute atomic E-state index is 12.9. The van der Waals surface area contributed by atoms with Gasteiger partial charge in [-0.1, -0.05) is 11.8 Å². The molecular formula is C17H19FN4OS. The largest absolute Gasteiger partial charge is 0.325 e. The van der Waals surface area contributed by atoms with E-state index in [0.29, 0.717) is 17.6 Å². The molecule has 4 rings (SSSR count). The number of carbonyl (C=O) groups excluding carboxylic acids is 1. The van der Waals surface area contributed by atoms with Crippen LogP contribution in [0.3, 0.4) is 0 Å². The molecule has 0 aliphatic heterocycles. The number of amides is 1. The van der Waals surface area contributed by atoms with Gasteiger partial charge in [-0.2, -0.15) is 0 Å². The molecule has 1 atom stereocenters. The SMILES string of the molecule is C[C@H](Sc1nnc(C2CC2)n1C1CC1)C(=O)Nc1ccc(F)cc1. The van der Waals surface area contributed by atoms with E-state index in [1.807, 2.05) is 6.92 Å². The van der Waals surface area contributed by atoms with Crippen molar-refractivity contribution in [2.45, 2.75) is 55.0 Å². The van der Waals surface area contributed by atoms with E-state index in [0.717, 1.165) is 11.0 Å². The van der Waals surface area contributed by atoms with Crippen molar-refractivity contribution in [2.24, 2.45) is 0 Å². The molecule has 2 fully saturated rings. The van der Waals surface area contributed by atoms with Crippen LogP contribution in [0, 0.1) is 5.82 Å². The molecule has 5 nitrogen and oxygen atoms in total. The normalized spacial score (nSPS) is 18.4. The van der Waals surface area contributed by atoms with E-state index in [1.165, 1.54) is 49.6 Å². The van der Waals surface area contributed by atoms with E-state index in [-0.39, 0.29) is 17.0 Å². The molecule has 2 aromatic rings. The predicted octanol–water partition coefficient (Wildman–Crippen LogP) is 3.75. The third-order valence-corrected chi connectivity index (χ3v) is 5.37. The second kappa shape index (κ2) is 6.20. The molecule has 0 radical (unpaired) electrons. The van der Waals surface area contributed by atoms with Crippen LogP contribution in [0.25, 0.3) is 0 Å². The van der Waals surface area contributed by atoms with E-state index < -0.39 is 0 Å². The first-order valence-electron chi connectivity index (χ1n) is 8.29. The lowest BCUT2D eigenvalue weighted by atomic mass is 10.3. The molecule has 2 aliphatic rings. The monoisotopic (exact) mass is 346 g/mol. The van der Waals surface area contributed by atoms with Gasteiger partial charge in [0.25, 0.3) is 0 Å². The average molecular weight is 346 g/mol. The van der Waals surface area contributed by atoms with Crippen LogP contribution in [0.2, 0.25) is 0 Å². The number of hydrogen-bond donors (Lipinski definition) is 1. The smallest absolute Gasteiger partial charge is 0.237 e. The minimum absolute atomic E-state index is 0.120. The van der Waals surface area contributed by atoms with Gasteiger partial charge < -0.3 is 9.88 Å². The highest BCUT2D eigenvalue weighted by atomic mass is 32.2. The second-order valence-electron chi connectivity index (χ2n) is 6.47. The average Bonchev–Trinajstić information content (AvgIpc) is 3.49. The van der Waals surface area contributed by atoms with Crippen LogP contribution >= 0.6 is 11.8 Å². The maximum atomic E-state index is 12.9. The van der Waals surface area contributed by atoms with Gasteiger partial charge in [0.05, 0.1) is 5.25 Å². The Kier molecular flexibility index (Phi) is 4.04. The van der Waals surface area contributed by atoms with Crippen LogP contribution in [0.5, 0.6) is 0 Å². The highest BCUT2D eigenvalue weighted by molar-refractivity contribution is 8.00. The summed E-state index contributed by atoms with van der Waals surface area (Å²) in [4.78, 5) is 12.4. The molecule has 0 spiro atoms. The minimum Gasteiger partial charge on any atom is -0.325 e. The Morgan fingerprint density at radius 3 is 2.58 bits per heavy atom. The second-order valence-corrected chi connectivity index (χ2v) is 7.78. The number of benzene rings is 1. The number of nitrogens with one attached hydrogen (secondary N) is 1. The number of carbonyl (C=O) groups is 1. The molecule has 1 aromatic carbocycles. The number of anilines is 1. The van der Waals surface area contributed by atoms with Crippen LogP contribution in [-0.4, -0.2) is 25.9 Å². The fourth-order valence-corrected chi connectivity index (χ4v) is 3.58. The van der Waals surface area contributed by atoms with E-state index in [4.69, 9.17) is 0 Å². The van der Waals surface area contributed by atoms with E-state index in [9.17, 15) is 9.18 Å². The lowest BCUT2D eigenvalue weighted by Gasteiger charge is -2.13. The summed E-state index contributed by atoms with van der Waals surface area (Å²) in [5.41, 5.74) is 0.594. The molecule has 0 unspecified atom stereocenters. The topological polar surface area (TPSA) is 59.8 Å². The Morgan fingerprint density at radius 2 is 1.96 bits per heavy atom. The van der Waals surface area contributed by atoms with Gasteiger partial charge >= 0.3 is 0 Å². The first-order chi connectivity index (χ1) is 11.6. The molecule has 7 heteroatoms. The van der Waals surface area contributed by atoms with Crippen molar-refractivity contribution >= 4 is 23.4 Å². The Balaban J connectivity index is 1.44. The Morgan fingerprint density at radius 1 is 1.25 bits per heavy atom. The summed E-state index contributed by atoms with van der Waals surface area (Å²) in [5, 5.41) is 12.0. The lowest BCUT2D eigenvalue weighted by Crippen LogP contribution is -2.23. The van der Waals surface area contributed by atoms with Crippen LogP contribution < -0.4 is 5.32 Å². The van der Waals surface area contributed by atoms with Gasteiger partial charge in [-0.25, -0.2) is 4.39 Å². The number of rotatable bonds is 6. The molecule has 2 aliphatic carbocycles. The van der Waals surface area contributed by atoms with Crippen molar-refractivity contribution in [1.29, 1.82) is 0 Å². The molecule has 0 bridgehead atoms. The molecular weight excluding hydrogens is 327 g/mol. The van der Waals surface area contributed by atoms with Crippen LogP contribution in [0.4, 0.5) is 10.1 Å². The van der Waals surface area contributed by atoms with Crippen molar-refractivity contribution < 1.29 is 9.18 Å². The van der Waals surface area contributed by atoms with Crippen molar-refractivity contribution in [2.75, 3.05) is 5.32 Å². The Labute approximate surface area is 144 Å². The van der Waals surface area contributed by atoms with E-state index in [2.05, 4.69) is 20.1 Å². The third kappa shape index (κ3) is 3.31. The summed E-state index contributed by atoms with van der Waals surface area (Å²) in [7, 11) is 0. The Hall–Kier alpha value is -1.89. The first kappa shape index (κ1) is 15.6. The first-order valence-corrected chi connectivity index (χ1v) is 9.17.